The van der Waals surface area contributed by atoms with Crippen molar-refractivity contribution in [3.05, 3.63) is 70.5 Å². The Morgan fingerprint density at radius 2 is 2.14 bits per heavy atom. The fraction of sp³-hybridized carbons (Fsp3) is 0.0667. The van der Waals surface area contributed by atoms with E-state index in [9.17, 15) is 14.7 Å². The zero-order chi connectivity index (χ0) is 15.5. The molecule has 0 saturated heterocycles. The number of carbonyl (C=O) groups excluding carboxylic acids is 1. The van der Waals surface area contributed by atoms with E-state index >= 15 is 0 Å². The highest BCUT2D eigenvalue weighted by molar-refractivity contribution is 5.93. The predicted molar refractivity (Wildman–Crippen MR) is 78.5 cm³/mol. The van der Waals surface area contributed by atoms with Crippen molar-refractivity contribution in [2.24, 2.45) is 0 Å². The number of hydrogen-bond acceptors (Lipinski definition) is 5. The van der Waals surface area contributed by atoms with E-state index in [-0.39, 0.29) is 23.5 Å². The molecule has 2 N–H and O–H groups in total. The normalized spacial score (nSPS) is 10.5. The summed E-state index contributed by atoms with van der Waals surface area (Å²) in [6.45, 7) is 0.259. The first-order valence-corrected chi connectivity index (χ1v) is 6.53. The SMILES string of the molecule is O=C(NCc1cccnc1)c1cnc2c(O)cccn2c1=O. The van der Waals surface area contributed by atoms with Gasteiger partial charge in [-0.2, -0.15) is 0 Å². The van der Waals surface area contributed by atoms with Crippen LogP contribution in [0.1, 0.15) is 15.9 Å². The van der Waals surface area contributed by atoms with Crippen molar-refractivity contribution >= 4 is 11.6 Å². The first-order chi connectivity index (χ1) is 10.7. The van der Waals surface area contributed by atoms with Crippen LogP contribution in [0.15, 0.2) is 53.8 Å². The average Bonchev–Trinajstić information content (AvgIpc) is 2.55. The topological polar surface area (TPSA) is 96.6 Å². The molecule has 0 aliphatic rings. The number of aromatic nitrogens is 3. The van der Waals surface area contributed by atoms with Crippen LogP contribution in [0.3, 0.4) is 0 Å². The largest absolute Gasteiger partial charge is 0.504 e. The van der Waals surface area contributed by atoms with Gasteiger partial charge >= 0.3 is 0 Å². The lowest BCUT2D eigenvalue weighted by Crippen LogP contribution is -2.31. The van der Waals surface area contributed by atoms with Crippen LogP contribution in [0.2, 0.25) is 0 Å². The molecule has 0 saturated carbocycles. The second-order valence-electron chi connectivity index (χ2n) is 4.61. The molecule has 0 bridgehead atoms. The van der Waals surface area contributed by atoms with E-state index < -0.39 is 11.5 Å². The van der Waals surface area contributed by atoms with E-state index in [0.29, 0.717) is 0 Å². The Labute approximate surface area is 124 Å². The lowest BCUT2D eigenvalue weighted by molar-refractivity contribution is 0.0949. The van der Waals surface area contributed by atoms with E-state index in [2.05, 4.69) is 15.3 Å². The summed E-state index contributed by atoms with van der Waals surface area (Å²) in [5.41, 5.74) is 0.301. The molecular formula is C15H12N4O3. The van der Waals surface area contributed by atoms with Gasteiger partial charge in [0.2, 0.25) is 0 Å². The van der Waals surface area contributed by atoms with Gasteiger partial charge in [-0.25, -0.2) is 4.98 Å². The molecule has 110 valence electrons. The van der Waals surface area contributed by atoms with Gasteiger partial charge in [0.15, 0.2) is 11.4 Å². The molecule has 0 spiro atoms. The molecule has 3 aromatic heterocycles. The summed E-state index contributed by atoms with van der Waals surface area (Å²) >= 11 is 0. The lowest BCUT2D eigenvalue weighted by Gasteiger charge is -2.06. The molecule has 0 aliphatic heterocycles. The van der Waals surface area contributed by atoms with E-state index in [1.165, 1.54) is 18.3 Å². The summed E-state index contributed by atoms with van der Waals surface area (Å²) < 4.78 is 1.13. The molecule has 0 radical (unpaired) electrons. The molecule has 0 fully saturated rings. The Kier molecular flexibility index (Phi) is 3.53. The molecule has 0 aromatic carbocycles. The van der Waals surface area contributed by atoms with E-state index in [1.807, 2.05) is 6.07 Å². The van der Waals surface area contributed by atoms with Crippen molar-refractivity contribution in [3.8, 4) is 5.75 Å². The van der Waals surface area contributed by atoms with Gasteiger partial charge in [-0.3, -0.25) is 19.0 Å². The van der Waals surface area contributed by atoms with Crippen LogP contribution >= 0.6 is 0 Å². The standard InChI is InChI=1S/C15H12N4O3/c20-12-4-2-6-19-13(12)17-9-11(15(19)22)14(21)18-8-10-3-1-5-16-7-10/h1-7,9,20H,8H2,(H,18,21). The van der Waals surface area contributed by atoms with Crippen molar-refractivity contribution in [1.82, 2.24) is 19.7 Å². The van der Waals surface area contributed by atoms with Gasteiger partial charge in [0, 0.05) is 31.3 Å². The van der Waals surface area contributed by atoms with E-state index in [4.69, 9.17) is 0 Å². The van der Waals surface area contributed by atoms with Crippen LogP contribution in [0, 0.1) is 0 Å². The van der Waals surface area contributed by atoms with Gasteiger partial charge < -0.3 is 10.4 Å². The quantitative estimate of drug-likeness (QED) is 0.742. The Hall–Kier alpha value is -3.22. The van der Waals surface area contributed by atoms with Crippen LogP contribution in [0.25, 0.3) is 5.65 Å². The third kappa shape index (κ3) is 2.51. The predicted octanol–water partition coefficient (Wildman–Crippen LogP) is 0.725. The summed E-state index contributed by atoms with van der Waals surface area (Å²) in [7, 11) is 0. The smallest absolute Gasteiger partial charge is 0.270 e. The van der Waals surface area contributed by atoms with Gasteiger partial charge in [0.25, 0.3) is 11.5 Å². The first kappa shape index (κ1) is 13.7. The summed E-state index contributed by atoms with van der Waals surface area (Å²) in [5, 5.41) is 12.3. The molecule has 1 amide bonds. The monoisotopic (exact) mass is 296 g/mol. The summed E-state index contributed by atoms with van der Waals surface area (Å²) in [4.78, 5) is 32.3. The van der Waals surface area contributed by atoms with E-state index in [0.717, 1.165) is 16.2 Å². The van der Waals surface area contributed by atoms with Gasteiger partial charge in [-0.05, 0) is 23.8 Å². The number of nitrogens with one attached hydrogen (secondary N) is 1. The third-order valence-electron chi connectivity index (χ3n) is 3.13. The third-order valence-corrected chi connectivity index (χ3v) is 3.13. The minimum absolute atomic E-state index is 0.0907. The highest BCUT2D eigenvalue weighted by atomic mass is 16.3. The highest BCUT2D eigenvalue weighted by Gasteiger charge is 2.14. The molecule has 22 heavy (non-hydrogen) atoms. The Balaban J connectivity index is 1.88. The number of pyridine rings is 2. The molecule has 3 rings (SSSR count). The number of rotatable bonds is 3. The lowest BCUT2D eigenvalue weighted by atomic mass is 10.2. The molecule has 3 aromatic rings. The van der Waals surface area contributed by atoms with Crippen molar-refractivity contribution in [2.75, 3.05) is 0 Å². The number of amides is 1. The molecular weight excluding hydrogens is 284 g/mol. The zero-order valence-electron chi connectivity index (χ0n) is 11.4. The van der Waals surface area contributed by atoms with Crippen molar-refractivity contribution < 1.29 is 9.90 Å². The van der Waals surface area contributed by atoms with Crippen LogP contribution in [0.5, 0.6) is 5.75 Å². The molecule has 0 atom stereocenters. The number of aromatic hydroxyl groups is 1. The summed E-state index contributed by atoms with van der Waals surface area (Å²) in [6.07, 6.45) is 5.87. The molecule has 7 heteroatoms. The maximum Gasteiger partial charge on any atom is 0.270 e. The Bertz CT molecular complexity index is 890. The number of nitrogens with zero attached hydrogens (tertiary/aromatic N) is 3. The second-order valence-corrected chi connectivity index (χ2v) is 4.61. The molecule has 0 aliphatic carbocycles. The highest BCUT2D eigenvalue weighted by Crippen LogP contribution is 2.12. The van der Waals surface area contributed by atoms with Crippen molar-refractivity contribution in [1.29, 1.82) is 0 Å². The van der Waals surface area contributed by atoms with Gasteiger partial charge in [0.05, 0.1) is 0 Å². The van der Waals surface area contributed by atoms with Gasteiger partial charge in [-0.1, -0.05) is 6.07 Å². The molecule has 0 unspecified atom stereocenters. The van der Waals surface area contributed by atoms with Crippen LogP contribution in [-0.2, 0) is 6.54 Å². The number of hydrogen-bond donors (Lipinski definition) is 2. The van der Waals surface area contributed by atoms with E-state index in [1.54, 1.807) is 18.5 Å². The minimum atomic E-state index is -0.537. The Morgan fingerprint density at radius 3 is 2.91 bits per heavy atom. The fourth-order valence-corrected chi connectivity index (χ4v) is 2.03. The molecule has 3 heterocycles. The second kappa shape index (κ2) is 5.65. The Morgan fingerprint density at radius 1 is 1.27 bits per heavy atom. The summed E-state index contributed by atoms with van der Waals surface area (Å²) in [6, 6.07) is 6.50. The van der Waals surface area contributed by atoms with Gasteiger partial charge in [0.1, 0.15) is 5.56 Å². The van der Waals surface area contributed by atoms with Gasteiger partial charge in [-0.15, -0.1) is 0 Å². The molecule has 7 nitrogen and oxygen atoms in total. The zero-order valence-corrected chi connectivity index (χ0v) is 11.4. The van der Waals surface area contributed by atoms with Crippen molar-refractivity contribution in [2.45, 2.75) is 6.54 Å². The average molecular weight is 296 g/mol. The minimum Gasteiger partial charge on any atom is -0.504 e. The maximum absolute atomic E-state index is 12.3. The maximum atomic E-state index is 12.3. The number of fused-ring (bicyclic) bond motifs is 1. The van der Waals surface area contributed by atoms with Crippen LogP contribution in [0.4, 0.5) is 0 Å². The first-order valence-electron chi connectivity index (χ1n) is 6.53. The summed E-state index contributed by atoms with van der Waals surface area (Å²) in [5.74, 6) is -0.652. The van der Waals surface area contributed by atoms with Crippen molar-refractivity contribution in [3.63, 3.8) is 0 Å². The number of carbonyl (C=O) groups is 1. The fourth-order valence-electron chi connectivity index (χ4n) is 2.03. The van der Waals surface area contributed by atoms with Crippen LogP contribution in [-0.4, -0.2) is 25.4 Å². The van der Waals surface area contributed by atoms with Crippen LogP contribution < -0.4 is 10.9 Å².